The number of rotatable bonds is 45. The quantitative estimate of drug-likeness (QED) is 0.0199. The fourth-order valence-corrected chi connectivity index (χ4v) is 6.67. The summed E-state index contributed by atoms with van der Waals surface area (Å²) in [7, 11) is 0. The predicted octanol–water partition coefficient (Wildman–Crippen LogP) is 17.1. The highest BCUT2D eigenvalue weighted by atomic mass is 16.6. The van der Waals surface area contributed by atoms with Gasteiger partial charge in [0.05, 0.1) is 0 Å². The first kappa shape index (κ1) is 60.1. The van der Waals surface area contributed by atoms with Crippen molar-refractivity contribution in [2.45, 2.75) is 226 Å². The second-order valence-electron chi connectivity index (χ2n) is 16.8. The molecule has 0 radical (unpaired) electrons. The fourth-order valence-electron chi connectivity index (χ4n) is 6.67. The Balaban J connectivity index is 4.51. The summed E-state index contributed by atoms with van der Waals surface area (Å²) in [5.74, 6) is -0.975. The third-order valence-electron chi connectivity index (χ3n) is 10.6. The third-order valence-corrected chi connectivity index (χ3v) is 10.6. The summed E-state index contributed by atoms with van der Waals surface area (Å²) in [6.07, 6.45) is 69.2. The van der Waals surface area contributed by atoms with E-state index in [1.165, 1.54) is 51.4 Å². The van der Waals surface area contributed by atoms with Crippen molar-refractivity contribution in [2.75, 3.05) is 13.2 Å². The van der Waals surface area contributed by atoms with Gasteiger partial charge in [-0.25, -0.2) is 0 Å². The monoisotopic (exact) mass is 887 g/mol. The highest BCUT2D eigenvalue weighted by Gasteiger charge is 2.19. The lowest BCUT2D eigenvalue weighted by atomic mass is 10.1. The molecule has 0 N–H and O–H groups in total. The molecule has 0 heterocycles. The summed E-state index contributed by atoms with van der Waals surface area (Å²) in [4.78, 5) is 38.0. The van der Waals surface area contributed by atoms with Gasteiger partial charge in [-0.1, -0.05) is 201 Å². The smallest absolute Gasteiger partial charge is 0.306 e. The second-order valence-corrected chi connectivity index (χ2v) is 16.8. The Kier molecular flexibility index (Phi) is 48.5. The van der Waals surface area contributed by atoms with E-state index in [-0.39, 0.29) is 37.5 Å². The Morgan fingerprint density at radius 3 is 1.12 bits per heavy atom. The molecule has 0 saturated carbocycles. The van der Waals surface area contributed by atoms with Crippen molar-refractivity contribution in [3.05, 3.63) is 109 Å². The van der Waals surface area contributed by atoms with E-state index in [0.717, 1.165) is 128 Å². The van der Waals surface area contributed by atoms with Gasteiger partial charge in [-0.2, -0.15) is 0 Å². The SMILES string of the molecule is CC/C=C\C/C=C\C/C=C\C/C=C\CCCCCC(=O)OC(COC(=O)CCCCCCC\C=C/C=C\C=C/C=C\CCCCC)COC(=O)CCCCCCC/C=C\CCCCC. The van der Waals surface area contributed by atoms with Crippen molar-refractivity contribution in [3.63, 3.8) is 0 Å². The molecule has 0 fully saturated rings. The molecule has 0 saturated heterocycles. The van der Waals surface area contributed by atoms with Gasteiger partial charge in [0.2, 0.25) is 0 Å². The molecule has 1 atom stereocenters. The molecule has 362 valence electrons. The van der Waals surface area contributed by atoms with E-state index in [0.29, 0.717) is 12.8 Å². The molecule has 0 spiro atoms. The molecule has 6 nitrogen and oxygen atoms in total. The Labute approximate surface area is 393 Å². The summed E-state index contributed by atoms with van der Waals surface area (Å²) in [5, 5.41) is 0. The van der Waals surface area contributed by atoms with E-state index in [1.54, 1.807) is 0 Å². The predicted molar refractivity (Wildman–Crippen MR) is 274 cm³/mol. The summed E-state index contributed by atoms with van der Waals surface area (Å²) in [5.41, 5.74) is 0. The molecule has 0 bridgehead atoms. The molecule has 0 rings (SSSR count). The van der Waals surface area contributed by atoms with Gasteiger partial charge in [0.25, 0.3) is 0 Å². The van der Waals surface area contributed by atoms with Crippen molar-refractivity contribution in [3.8, 4) is 0 Å². The van der Waals surface area contributed by atoms with Crippen LogP contribution < -0.4 is 0 Å². The van der Waals surface area contributed by atoms with Gasteiger partial charge in [0.1, 0.15) is 13.2 Å². The molecule has 0 aromatic rings. The maximum absolute atomic E-state index is 12.8. The number of ether oxygens (including phenoxy) is 3. The van der Waals surface area contributed by atoms with Crippen molar-refractivity contribution < 1.29 is 28.6 Å². The van der Waals surface area contributed by atoms with Gasteiger partial charge in [0.15, 0.2) is 6.10 Å². The highest BCUT2D eigenvalue weighted by Crippen LogP contribution is 2.13. The molecule has 0 aliphatic carbocycles. The van der Waals surface area contributed by atoms with Crippen LogP contribution in [0.2, 0.25) is 0 Å². The third kappa shape index (κ3) is 49.1. The van der Waals surface area contributed by atoms with E-state index in [9.17, 15) is 14.4 Å². The lowest BCUT2D eigenvalue weighted by Gasteiger charge is -2.18. The van der Waals surface area contributed by atoms with E-state index in [1.807, 2.05) is 0 Å². The number of carbonyl (C=O) groups excluding carboxylic acids is 3. The van der Waals surface area contributed by atoms with Gasteiger partial charge in [-0.05, 0) is 109 Å². The van der Waals surface area contributed by atoms with E-state index >= 15 is 0 Å². The lowest BCUT2D eigenvalue weighted by molar-refractivity contribution is -0.167. The number of carbonyl (C=O) groups is 3. The lowest BCUT2D eigenvalue weighted by Crippen LogP contribution is -2.30. The summed E-state index contributed by atoms with van der Waals surface area (Å²) >= 11 is 0. The zero-order valence-corrected chi connectivity index (χ0v) is 41.3. The normalized spacial score (nSPS) is 13.0. The molecule has 0 aliphatic heterocycles. The average molecular weight is 887 g/mol. The fraction of sp³-hybridized carbons (Fsp3) is 0.638. The van der Waals surface area contributed by atoms with E-state index in [4.69, 9.17) is 14.2 Å². The Morgan fingerprint density at radius 1 is 0.344 bits per heavy atom. The molecule has 0 aromatic carbocycles. The van der Waals surface area contributed by atoms with Crippen LogP contribution in [-0.2, 0) is 28.6 Å². The minimum Gasteiger partial charge on any atom is -0.462 e. The first-order valence-electron chi connectivity index (χ1n) is 25.9. The van der Waals surface area contributed by atoms with Gasteiger partial charge >= 0.3 is 17.9 Å². The number of hydrogen-bond donors (Lipinski definition) is 0. The van der Waals surface area contributed by atoms with Crippen molar-refractivity contribution >= 4 is 17.9 Å². The van der Waals surface area contributed by atoms with Crippen molar-refractivity contribution in [1.29, 1.82) is 0 Å². The van der Waals surface area contributed by atoms with Gasteiger partial charge < -0.3 is 14.2 Å². The van der Waals surface area contributed by atoms with Crippen LogP contribution in [0.1, 0.15) is 220 Å². The standard InChI is InChI=1S/C58H94O6/c1-4-7-10-13-16-19-22-25-27-29-30-32-33-36-39-42-45-48-51-57(60)63-54-55(53-62-56(59)50-47-44-41-38-35-24-21-18-15-12-9-6-3)64-58(61)52-49-46-43-40-37-34-31-28-26-23-20-17-14-11-8-5-2/h8,11,16-22,25-30,32,34,37,55H,4-7,9-10,12-15,23-24,31,33,35-36,38-54H2,1-3H3/b11-8-,19-16-,20-17-,21-18-,25-22-,28-26-,29-27-,32-30-,37-34-. The number of unbranched alkanes of at least 4 members (excludes halogenated alkanes) is 19. The van der Waals surface area contributed by atoms with Crippen LogP contribution in [0.25, 0.3) is 0 Å². The largest absolute Gasteiger partial charge is 0.462 e. The molecule has 1 unspecified atom stereocenters. The van der Waals surface area contributed by atoms with Crippen LogP contribution in [0.15, 0.2) is 109 Å². The van der Waals surface area contributed by atoms with Crippen LogP contribution in [0.4, 0.5) is 0 Å². The van der Waals surface area contributed by atoms with Crippen LogP contribution >= 0.6 is 0 Å². The van der Waals surface area contributed by atoms with Crippen LogP contribution in [-0.4, -0.2) is 37.2 Å². The zero-order chi connectivity index (χ0) is 46.5. The second kappa shape index (κ2) is 51.7. The Morgan fingerprint density at radius 2 is 0.672 bits per heavy atom. The van der Waals surface area contributed by atoms with E-state index < -0.39 is 6.10 Å². The van der Waals surface area contributed by atoms with Crippen LogP contribution in [0, 0.1) is 0 Å². The van der Waals surface area contributed by atoms with Gasteiger partial charge in [-0.3, -0.25) is 14.4 Å². The van der Waals surface area contributed by atoms with Crippen LogP contribution in [0.5, 0.6) is 0 Å². The summed E-state index contributed by atoms with van der Waals surface area (Å²) in [6.45, 7) is 6.39. The topological polar surface area (TPSA) is 78.9 Å². The molecular formula is C58H94O6. The molecular weight excluding hydrogens is 793 g/mol. The minimum atomic E-state index is -0.809. The number of allylic oxidation sites excluding steroid dienone is 18. The first-order valence-corrected chi connectivity index (χ1v) is 25.9. The van der Waals surface area contributed by atoms with Gasteiger partial charge in [0, 0.05) is 19.3 Å². The Hall–Kier alpha value is -3.93. The maximum Gasteiger partial charge on any atom is 0.306 e. The van der Waals surface area contributed by atoms with Crippen molar-refractivity contribution in [2.24, 2.45) is 0 Å². The molecule has 0 aliphatic rings. The molecule has 6 heteroatoms. The summed E-state index contributed by atoms with van der Waals surface area (Å²) < 4.78 is 16.7. The maximum atomic E-state index is 12.8. The molecule has 0 amide bonds. The Bertz CT molecular complexity index is 1340. The number of hydrogen-bond acceptors (Lipinski definition) is 6. The summed E-state index contributed by atoms with van der Waals surface area (Å²) in [6, 6.07) is 0. The zero-order valence-electron chi connectivity index (χ0n) is 41.3. The van der Waals surface area contributed by atoms with Crippen molar-refractivity contribution in [1.82, 2.24) is 0 Å². The number of esters is 3. The van der Waals surface area contributed by atoms with E-state index in [2.05, 4.69) is 130 Å². The van der Waals surface area contributed by atoms with Crippen LogP contribution in [0.3, 0.4) is 0 Å². The average Bonchev–Trinajstić information content (AvgIpc) is 3.29. The minimum absolute atomic E-state index is 0.105. The van der Waals surface area contributed by atoms with Gasteiger partial charge in [-0.15, -0.1) is 0 Å². The molecule has 0 aromatic heterocycles. The first-order chi connectivity index (χ1) is 31.5. The highest BCUT2D eigenvalue weighted by molar-refractivity contribution is 5.71. The molecule has 64 heavy (non-hydrogen) atoms.